The van der Waals surface area contributed by atoms with Gasteiger partial charge in [0.1, 0.15) is 0 Å². The number of hydrogen-bond donors (Lipinski definition) is 2. The van der Waals surface area contributed by atoms with Crippen molar-refractivity contribution >= 4 is 11.8 Å². The number of aromatic nitrogens is 1. The molecule has 19 heavy (non-hydrogen) atoms. The Morgan fingerprint density at radius 3 is 2.53 bits per heavy atom. The van der Waals surface area contributed by atoms with Crippen LogP contribution in [0.15, 0.2) is 6.07 Å². The first-order chi connectivity index (χ1) is 8.60. The lowest BCUT2D eigenvalue weighted by atomic mass is 10.1. The summed E-state index contributed by atoms with van der Waals surface area (Å²) in [4.78, 5) is 22.6. The Kier molecular flexibility index (Phi) is 3.77. The molecule has 1 aromatic rings. The quantitative estimate of drug-likeness (QED) is 0.628. The van der Waals surface area contributed by atoms with Gasteiger partial charge in [0, 0.05) is 16.6 Å². The number of carboxylic acid groups (broad SMARTS) is 1. The number of ether oxygens (including phenoxy) is 1. The normalized spacial score (nSPS) is 11.1. The molecule has 11 heteroatoms. The van der Waals surface area contributed by atoms with Crippen LogP contribution in [0.4, 0.5) is 19.0 Å². The molecule has 0 fully saturated rings. The summed E-state index contributed by atoms with van der Waals surface area (Å²) in [5.41, 5.74) is -0.617. The number of nitro groups is 1. The van der Waals surface area contributed by atoms with E-state index < -0.39 is 46.7 Å². The number of hydrogen-bond acceptors (Lipinski definition) is 6. The summed E-state index contributed by atoms with van der Waals surface area (Å²) in [6, 6.07) is 0.548. The van der Waals surface area contributed by atoms with E-state index in [0.717, 1.165) is 0 Å². The average Bonchev–Trinajstić information content (AvgIpc) is 2.20. The number of halogens is 3. The van der Waals surface area contributed by atoms with Crippen LogP contribution in [-0.4, -0.2) is 32.5 Å². The van der Waals surface area contributed by atoms with Gasteiger partial charge in [-0.3, -0.25) is 4.79 Å². The average molecular weight is 282 g/mol. The Balaban J connectivity index is 3.32. The fourth-order valence-corrected chi connectivity index (χ4v) is 1.12. The molecule has 0 radical (unpaired) electrons. The molecule has 0 atom stereocenters. The Bertz CT molecular complexity index is 530. The molecule has 104 valence electrons. The number of nitrogens with zero attached hydrogens (tertiary/aromatic N) is 2. The first-order valence-electron chi connectivity index (χ1n) is 4.45. The Labute approximate surface area is 102 Å². The maximum atomic E-state index is 12.0. The maximum absolute atomic E-state index is 12.0. The highest BCUT2D eigenvalue weighted by atomic mass is 19.4. The molecule has 0 amide bonds. The van der Waals surface area contributed by atoms with Gasteiger partial charge in [-0.2, -0.15) is 0 Å². The summed E-state index contributed by atoms with van der Waals surface area (Å²) >= 11 is 0. The smallest absolute Gasteiger partial charge is 0.501 e. The first-order valence-corrected chi connectivity index (χ1v) is 4.45. The summed E-state index contributed by atoms with van der Waals surface area (Å²) in [5, 5.41) is 28.3. The second-order valence-electron chi connectivity index (χ2n) is 3.17. The van der Waals surface area contributed by atoms with Crippen molar-refractivity contribution in [3.63, 3.8) is 0 Å². The van der Waals surface area contributed by atoms with Crippen LogP contribution in [-0.2, 0) is 11.2 Å². The Morgan fingerprint density at radius 2 is 2.11 bits per heavy atom. The molecule has 0 aliphatic heterocycles. The van der Waals surface area contributed by atoms with Gasteiger partial charge >= 0.3 is 24.0 Å². The van der Waals surface area contributed by atoms with Gasteiger partial charge in [0.2, 0.25) is 5.75 Å². The van der Waals surface area contributed by atoms with Crippen LogP contribution in [0, 0.1) is 10.1 Å². The molecule has 0 unspecified atom stereocenters. The van der Waals surface area contributed by atoms with Gasteiger partial charge in [0.25, 0.3) is 0 Å². The molecule has 0 spiro atoms. The number of carboxylic acids is 1. The number of aliphatic carboxylic acids is 1. The van der Waals surface area contributed by atoms with E-state index >= 15 is 0 Å². The molecule has 8 nitrogen and oxygen atoms in total. The largest absolute Gasteiger partial charge is 0.575 e. The Hall–Kier alpha value is -2.59. The van der Waals surface area contributed by atoms with E-state index in [1.807, 2.05) is 0 Å². The van der Waals surface area contributed by atoms with Crippen molar-refractivity contribution in [1.29, 1.82) is 0 Å². The van der Waals surface area contributed by atoms with E-state index in [-0.39, 0.29) is 0 Å². The van der Waals surface area contributed by atoms with Crippen LogP contribution in [0.2, 0.25) is 0 Å². The summed E-state index contributed by atoms with van der Waals surface area (Å²) < 4.78 is 39.3. The van der Waals surface area contributed by atoms with Crippen molar-refractivity contribution < 1.29 is 37.8 Å². The van der Waals surface area contributed by atoms with E-state index in [1.165, 1.54) is 0 Å². The summed E-state index contributed by atoms with van der Waals surface area (Å²) in [7, 11) is 0. The zero-order chi connectivity index (χ0) is 14.8. The fraction of sp³-hybridized carbons (Fsp3) is 0.250. The third kappa shape index (κ3) is 3.97. The van der Waals surface area contributed by atoms with Gasteiger partial charge in [-0.05, 0) is 4.92 Å². The molecule has 0 aliphatic rings. The molecule has 0 saturated carbocycles. The second-order valence-corrected chi connectivity index (χ2v) is 3.17. The zero-order valence-corrected chi connectivity index (χ0v) is 8.84. The maximum Gasteiger partial charge on any atom is 0.575 e. The van der Waals surface area contributed by atoms with Crippen LogP contribution in [0.3, 0.4) is 0 Å². The standard InChI is InChI=1S/C8H5F3N2O6/c9-8(10,11)19-7-6(16)3(2-5(14)15)1-4(12-7)13(17)18/h1,16H,2H2,(H,14,15). The lowest BCUT2D eigenvalue weighted by Gasteiger charge is -2.08. The third-order valence-electron chi connectivity index (χ3n) is 1.77. The Morgan fingerprint density at radius 1 is 1.53 bits per heavy atom. The van der Waals surface area contributed by atoms with Gasteiger partial charge < -0.3 is 25.1 Å². The summed E-state index contributed by atoms with van der Waals surface area (Å²) in [6.07, 6.45) is -6.16. The van der Waals surface area contributed by atoms with Crippen molar-refractivity contribution in [2.24, 2.45) is 0 Å². The number of carbonyl (C=O) groups is 1. The van der Waals surface area contributed by atoms with E-state index in [2.05, 4.69) is 9.72 Å². The molecule has 0 aliphatic carbocycles. The highest BCUT2D eigenvalue weighted by molar-refractivity contribution is 5.72. The summed E-state index contributed by atoms with van der Waals surface area (Å²) in [5.74, 6) is -5.27. The topological polar surface area (TPSA) is 123 Å². The van der Waals surface area contributed by atoms with Gasteiger partial charge in [-0.15, -0.1) is 13.2 Å². The molecule has 1 rings (SSSR count). The predicted octanol–water partition coefficient (Wildman–Crippen LogP) is 1.22. The molecule has 1 aromatic heterocycles. The van der Waals surface area contributed by atoms with Crippen molar-refractivity contribution in [3.05, 3.63) is 21.7 Å². The van der Waals surface area contributed by atoms with Crippen LogP contribution >= 0.6 is 0 Å². The summed E-state index contributed by atoms with van der Waals surface area (Å²) in [6.45, 7) is 0. The minimum atomic E-state index is -5.24. The molecular weight excluding hydrogens is 277 g/mol. The molecule has 0 saturated heterocycles. The minimum Gasteiger partial charge on any atom is -0.501 e. The van der Waals surface area contributed by atoms with Crippen LogP contribution < -0.4 is 4.74 Å². The number of rotatable bonds is 4. The number of alkyl halides is 3. The minimum absolute atomic E-state index is 0.548. The first kappa shape index (κ1) is 14.5. The lowest BCUT2D eigenvalue weighted by molar-refractivity contribution is -0.390. The van der Waals surface area contributed by atoms with Gasteiger partial charge in [0.05, 0.1) is 6.42 Å². The third-order valence-corrected chi connectivity index (χ3v) is 1.77. The van der Waals surface area contributed by atoms with E-state index in [4.69, 9.17) is 5.11 Å². The zero-order valence-electron chi connectivity index (χ0n) is 8.84. The predicted molar refractivity (Wildman–Crippen MR) is 50.6 cm³/mol. The number of pyridine rings is 1. The van der Waals surface area contributed by atoms with Crippen LogP contribution in [0.25, 0.3) is 0 Å². The second kappa shape index (κ2) is 4.96. The van der Waals surface area contributed by atoms with E-state index in [0.29, 0.717) is 6.07 Å². The van der Waals surface area contributed by atoms with Crippen molar-refractivity contribution in [3.8, 4) is 11.6 Å². The molecule has 1 heterocycles. The number of aromatic hydroxyl groups is 1. The molecular formula is C8H5F3N2O6. The highest BCUT2D eigenvalue weighted by Gasteiger charge is 2.37. The fourth-order valence-electron chi connectivity index (χ4n) is 1.12. The molecule has 0 bridgehead atoms. The van der Waals surface area contributed by atoms with E-state index in [9.17, 15) is 33.2 Å². The van der Waals surface area contributed by atoms with Gasteiger partial charge in [-0.1, -0.05) is 0 Å². The van der Waals surface area contributed by atoms with Crippen LogP contribution in [0.1, 0.15) is 5.56 Å². The monoisotopic (exact) mass is 282 g/mol. The molecule has 2 N–H and O–H groups in total. The van der Waals surface area contributed by atoms with Crippen molar-refractivity contribution in [2.75, 3.05) is 0 Å². The lowest BCUT2D eigenvalue weighted by Crippen LogP contribution is -2.18. The van der Waals surface area contributed by atoms with E-state index in [1.54, 1.807) is 0 Å². The van der Waals surface area contributed by atoms with Crippen LogP contribution in [0.5, 0.6) is 11.6 Å². The SMILES string of the molecule is O=C(O)Cc1cc([N+](=O)[O-])nc(OC(F)(F)F)c1O. The van der Waals surface area contributed by atoms with Gasteiger partial charge in [0.15, 0.2) is 0 Å². The van der Waals surface area contributed by atoms with Crippen molar-refractivity contribution in [2.45, 2.75) is 12.8 Å². The highest BCUT2D eigenvalue weighted by Crippen LogP contribution is 2.34. The van der Waals surface area contributed by atoms with Crippen molar-refractivity contribution in [1.82, 2.24) is 4.98 Å². The molecule has 0 aromatic carbocycles. The van der Waals surface area contributed by atoms with Gasteiger partial charge in [-0.25, -0.2) is 0 Å².